The average Bonchev–Trinajstić information content (AvgIpc) is 2.98. The average molecular weight is 370 g/mol. The fraction of sp³-hybridized carbons (Fsp3) is 0.333. The third-order valence-electron chi connectivity index (χ3n) is 4.31. The molecule has 3 rings (SSSR count). The van der Waals surface area contributed by atoms with Crippen molar-refractivity contribution in [2.75, 3.05) is 13.2 Å². The molecule has 0 bridgehead atoms. The van der Waals surface area contributed by atoms with Crippen LogP contribution >= 0.6 is 0 Å². The van der Waals surface area contributed by atoms with Crippen molar-refractivity contribution in [2.24, 2.45) is 0 Å². The van der Waals surface area contributed by atoms with E-state index in [-0.39, 0.29) is 12.2 Å². The van der Waals surface area contributed by atoms with Gasteiger partial charge in [-0.2, -0.15) is 0 Å². The number of hydrogen-bond donors (Lipinski definition) is 1. The van der Waals surface area contributed by atoms with Crippen LogP contribution in [0.5, 0.6) is 0 Å². The van der Waals surface area contributed by atoms with Gasteiger partial charge in [-0.15, -0.1) is 0 Å². The van der Waals surface area contributed by atoms with Gasteiger partial charge < -0.3 is 19.3 Å². The summed E-state index contributed by atoms with van der Waals surface area (Å²) in [5.74, 6) is -1.18. The standard InChI is InChI=1S/C21H22O6/c1-14(22)26-19(18-12-20(23)27-21(18)24)13-25-10-4-5-15-8-9-16-6-2-3-7-17(16)11-15/h2-3,6-9,11-12,19,21,24H,4-5,10,13H2,1H3. The van der Waals surface area contributed by atoms with E-state index >= 15 is 0 Å². The summed E-state index contributed by atoms with van der Waals surface area (Å²) < 4.78 is 15.4. The SMILES string of the molecule is CC(=O)OC(COCCCc1ccc2ccccc2c1)C1=CC(=O)OC1O. The van der Waals surface area contributed by atoms with Crippen LogP contribution in [0.4, 0.5) is 0 Å². The van der Waals surface area contributed by atoms with Gasteiger partial charge in [0.25, 0.3) is 0 Å². The summed E-state index contributed by atoms with van der Waals surface area (Å²) in [6.07, 6.45) is 0.544. The number of carbonyl (C=O) groups excluding carboxylic acids is 2. The van der Waals surface area contributed by atoms with E-state index in [0.29, 0.717) is 6.61 Å². The van der Waals surface area contributed by atoms with Crippen molar-refractivity contribution in [2.45, 2.75) is 32.2 Å². The Morgan fingerprint density at radius 2 is 2.00 bits per heavy atom. The largest absolute Gasteiger partial charge is 0.455 e. The minimum atomic E-state index is -1.40. The number of fused-ring (bicyclic) bond motifs is 1. The number of benzene rings is 2. The zero-order valence-corrected chi connectivity index (χ0v) is 15.1. The van der Waals surface area contributed by atoms with Crippen LogP contribution in [0, 0.1) is 0 Å². The van der Waals surface area contributed by atoms with Gasteiger partial charge in [-0.25, -0.2) is 4.79 Å². The Kier molecular flexibility index (Phi) is 6.21. The lowest BCUT2D eigenvalue weighted by atomic mass is 10.0. The van der Waals surface area contributed by atoms with Crippen molar-refractivity contribution < 1.29 is 28.9 Å². The van der Waals surface area contributed by atoms with Gasteiger partial charge in [-0.05, 0) is 29.2 Å². The minimum absolute atomic E-state index is 0.0524. The van der Waals surface area contributed by atoms with Gasteiger partial charge in [-0.1, -0.05) is 42.5 Å². The van der Waals surface area contributed by atoms with Crippen molar-refractivity contribution in [3.63, 3.8) is 0 Å². The second-order valence-electron chi connectivity index (χ2n) is 6.39. The molecule has 1 N–H and O–H groups in total. The molecule has 0 spiro atoms. The first-order valence-corrected chi connectivity index (χ1v) is 8.86. The highest BCUT2D eigenvalue weighted by Gasteiger charge is 2.32. The number of hydrogen-bond acceptors (Lipinski definition) is 6. The van der Waals surface area contributed by atoms with E-state index in [1.165, 1.54) is 23.3 Å². The molecular formula is C21H22O6. The molecule has 0 fully saturated rings. The van der Waals surface area contributed by atoms with E-state index in [2.05, 4.69) is 35.1 Å². The summed E-state index contributed by atoms with van der Waals surface area (Å²) in [6, 6.07) is 14.6. The molecule has 1 aliphatic heterocycles. The molecule has 0 radical (unpaired) electrons. The third kappa shape index (κ3) is 5.15. The molecule has 2 unspecified atom stereocenters. The Morgan fingerprint density at radius 3 is 2.70 bits per heavy atom. The normalized spacial score (nSPS) is 17.5. The lowest BCUT2D eigenvalue weighted by Gasteiger charge is -2.19. The van der Waals surface area contributed by atoms with Crippen LogP contribution in [-0.2, 0) is 30.2 Å². The Labute approximate surface area is 157 Å². The van der Waals surface area contributed by atoms with Gasteiger partial charge in [0.05, 0.1) is 6.61 Å². The van der Waals surface area contributed by atoms with Gasteiger partial charge >= 0.3 is 11.9 Å². The van der Waals surface area contributed by atoms with Crippen LogP contribution < -0.4 is 0 Å². The number of rotatable bonds is 8. The van der Waals surface area contributed by atoms with Crippen LogP contribution in [0.3, 0.4) is 0 Å². The van der Waals surface area contributed by atoms with E-state index in [1.807, 2.05) is 12.1 Å². The number of aliphatic hydroxyl groups excluding tert-OH is 1. The summed E-state index contributed by atoms with van der Waals surface area (Å²) in [7, 11) is 0. The Bertz CT molecular complexity index is 857. The maximum Gasteiger partial charge on any atom is 0.333 e. The van der Waals surface area contributed by atoms with Gasteiger partial charge in [0.2, 0.25) is 6.29 Å². The topological polar surface area (TPSA) is 82.1 Å². The maximum atomic E-state index is 11.3. The van der Waals surface area contributed by atoms with Crippen molar-refractivity contribution in [3.05, 3.63) is 59.7 Å². The molecule has 2 atom stereocenters. The van der Waals surface area contributed by atoms with Gasteiger partial charge in [-0.3, -0.25) is 4.79 Å². The summed E-state index contributed by atoms with van der Waals surface area (Å²) in [5.41, 5.74) is 1.42. The monoisotopic (exact) mass is 370 g/mol. The number of aliphatic hydroxyl groups is 1. The molecule has 1 heterocycles. The zero-order valence-electron chi connectivity index (χ0n) is 15.1. The number of ether oxygens (including phenoxy) is 3. The van der Waals surface area contributed by atoms with E-state index in [9.17, 15) is 14.7 Å². The van der Waals surface area contributed by atoms with Crippen molar-refractivity contribution >= 4 is 22.7 Å². The molecule has 0 aromatic heterocycles. The molecule has 1 aliphatic rings. The van der Waals surface area contributed by atoms with Gasteiger partial charge in [0.15, 0.2) is 6.10 Å². The summed E-state index contributed by atoms with van der Waals surface area (Å²) in [6.45, 7) is 1.77. The fourth-order valence-electron chi connectivity index (χ4n) is 3.03. The molecular weight excluding hydrogens is 348 g/mol. The summed E-state index contributed by atoms with van der Waals surface area (Å²) in [5, 5.41) is 12.1. The molecule has 0 aliphatic carbocycles. The number of aryl methyl sites for hydroxylation is 1. The smallest absolute Gasteiger partial charge is 0.333 e. The van der Waals surface area contributed by atoms with Crippen molar-refractivity contribution in [3.8, 4) is 0 Å². The second kappa shape index (κ2) is 8.79. The second-order valence-corrected chi connectivity index (χ2v) is 6.39. The summed E-state index contributed by atoms with van der Waals surface area (Å²) in [4.78, 5) is 22.5. The van der Waals surface area contributed by atoms with E-state index in [0.717, 1.165) is 18.9 Å². The molecule has 2 aromatic carbocycles. The fourth-order valence-corrected chi connectivity index (χ4v) is 3.03. The Morgan fingerprint density at radius 1 is 1.22 bits per heavy atom. The number of cyclic esters (lactones) is 1. The quantitative estimate of drug-likeness (QED) is 0.568. The maximum absolute atomic E-state index is 11.3. The molecule has 6 nitrogen and oxygen atoms in total. The lowest BCUT2D eigenvalue weighted by molar-refractivity contribution is -0.155. The van der Waals surface area contributed by atoms with Crippen LogP contribution in [-0.4, -0.2) is 42.7 Å². The third-order valence-corrected chi connectivity index (χ3v) is 4.31. The van der Waals surface area contributed by atoms with Gasteiger partial charge in [0, 0.05) is 25.2 Å². The number of carbonyl (C=O) groups is 2. The highest BCUT2D eigenvalue weighted by Crippen LogP contribution is 2.20. The molecule has 0 saturated carbocycles. The minimum Gasteiger partial charge on any atom is -0.455 e. The first-order valence-electron chi connectivity index (χ1n) is 8.86. The predicted octanol–water partition coefficient (Wildman–Crippen LogP) is 2.52. The molecule has 27 heavy (non-hydrogen) atoms. The molecule has 6 heteroatoms. The van der Waals surface area contributed by atoms with E-state index in [1.54, 1.807) is 0 Å². The highest BCUT2D eigenvalue weighted by molar-refractivity contribution is 5.86. The predicted molar refractivity (Wildman–Crippen MR) is 98.8 cm³/mol. The highest BCUT2D eigenvalue weighted by atomic mass is 16.6. The van der Waals surface area contributed by atoms with Crippen molar-refractivity contribution in [1.82, 2.24) is 0 Å². The van der Waals surface area contributed by atoms with E-state index in [4.69, 9.17) is 9.47 Å². The zero-order chi connectivity index (χ0) is 19.2. The van der Waals surface area contributed by atoms with Crippen LogP contribution in [0.25, 0.3) is 10.8 Å². The Balaban J connectivity index is 1.49. The van der Waals surface area contributed by atoms with Crippen LogP contribution in [0.15, 0.2) is 54.1 Å². The lowest BCUT2D eigenvalue weighted by Crippen LogP contribution is -2.29. The summed E-state index contributed by atoms with van der Waals surface area (Å²) >= 11 is 0. The Hall–Kier alpha value is -2.70. The molecule has 0 amide bonds. The van der Waals surface area contributed by atoms with Gasteiger partial charge in [0.1, 0.15) is 0 Å². The van der Waals surface area contributed by atoms with Crippen LogP contribution in [0.1, 0.15) is 18.9 Å². The van der Waals surface area contributed by atoms with E-state index < -0.39 is 24.3 Å². The van der Waals surface area contributed by atoms with Crippen LogP contribution in [0.2, 0.25) is 0 Å². The van der Waals surface area contributed by atoms with Crippen molar-refractivity contribution in [1.29, 1.82) is 0 Å². The molecule has 142 valence electrons. The number of esters is 2. The molecule has 0 saturated heterocycles. The first-order chi connectivity index (χ1) is 13.0. The first kappa shape index (κ1) is 19.1. The molecule has 2 aromatic rings.